The van der Waals surface area contributed by atoms with Gasteiger partial charge in [-0.05, 0) is 19.1 Å². The van der Waals surface area contributed by atoms with Crippen LogP contribution in [0.1, 0.15) is 15.9 Å². The highest BCUT2D eigenvalue weighted by Crippen LogP contribution is 2.29. The Balaban J connectivity index is 3.26. The Hall–Kier alpha value is -1.55. The second kappa shape index (κ2) is 3.45. The molecule has 0 aliphatic carbocycles. The van der Waals surface area contributed by atoms with Gasteiger partial charge in [-0.15, -0.1) is 0 Å². The fourth-order valence-corrected chi connectivity index (χ4v) is 1.02. The Morgan fingerprint density at radius 1 is 1.46 bits per heavy atom. The molecule has 4 heteroatoms. The Kier molecular flexibility index (Phi) is 2.53. The number of rotatable bonds is 2. The van der Waals surface area contributed by atoms with Crippen molar-refractivity contribution in [3.05, 3.63) is 23.3 Å². The summed E-state index contributed by atoms with van der Waals surface area (Å²) in [5, 5.41) is 18.6. The van der Waals surface area contributed by atoms with Crippen molar-refractivity contribution in [2.45, 2.75) is 6.92 Å². The molecule has 0 saturated carbocycles. The molecule has 4 N–H and O–H groups in total. The molecule has 0 amide bonds. The lowest BCUT2D eigenvalue weighted by Crippen LogP contribution is -2.13. The van der Waals surface area contributed by atoms with Crippen LogP contribution in [-0.4, -0.2) is 22.5 Å². The van der Waals surface area contributed by atoms with E-state index in [9.17, 15) is 15.0 Å². The summed E-state index contributed by atoms with van der Waals surface area (Å²) in [6.45, 7) is 1.37. The SMILES string of the molecule is Cc1c(O)ccc(C(=O)CN)c1O. The van der Waals surface area contributed by atoms with Crippen LogP contribution in [0, 0.1) is 6.92 Å². The van der Waals surface area contributed by atoms with Crippen LogP contribution in [0.5, 0.6) is 11.5 Å². The molecule has 0 fully saturated rings. The number of carbonyl (C=O) groups excluding carboxylic acids is 1. The Morgan fingerprint density at radius 3 is 2.62 bits per heavy atom. The predicted octanol–water partition coefficient (Wildman–Crippen LogP) is 0.548. The number of nitrogens with two attached hydrogens (primary N) is 1. The van der Waals surface area contributed by atoms with Crippen LogP contribution in [0.3, 0.4) is 0 Å². The van der Waals surface area contributed by atoms with E-state index in [2.05, 4.69) is 0 Å². The predicted molar refractivity (Wildman–Crippen MR) is 47.9 cm³/mol. The third-order valence-electron chi connectivity index (χ3n) is 1.89. The van der Waals surface area contributed by atoms with Crippen LogP contribution in [0.15, 0.2) is 12.1 Å². The highest BCUT2D eigenvalue weighted by Gasteiger charge is 2.13. The fraction of sp³-hybridized carbons (Fsp3) is 0.222. The number of carbonyl (C=O) groups is 1. The highest BCUT2D eigenvalue weighted by atomic mass is 16.3. The van der Waals surface area contributed by atoms with Gasteiger partial charge in [-0.25, -0.2) is 0 Å². The van der Waals surface area contributed by atoms with Crippen LogP contribution in [0.2, 0.25) is 0 Å². The lowest BCUT2D eigenvalue weighted by molar-refractivity contribution is 0.0998. The minimum absolute atomic E-state index is 0.0360. The third-order valence-corrected chi connectivity index (χ3v) is 1.89. The molecule has 0 saturated heterocycles. The van der Waals surface area contributed by atoms with Gasteiger partial charge in [0.05, 0.1) is 12.1 Å². The average Bonchev–Trinajstić information content (AvgIpc) is 2.13. The first-order chi connectivity index (χ1) is 6.07. The summed E-state index contributed by atoms with van der Waals surface area (Å²) in [6, 6.07) is 2.71. The normalized spacial score (nSPS) is 10.0. The molecule has 0 aromatic heterocycles. The van der Waals surface area contributed by atoms with E-state index < -0.39 is 0 Å². The summed E-state index contributed by atoms with van der Waals surface area (Å²) in [7, 11) is 0. The summed E-state index contributed by atoms with van der Waals surface area (Å²) in [6.07, 6.45) is 0. The first-order valence-corrected chi connectivity index (χ1v) is 3.82. The van der Waals surface area contributed by atoms with E-state index in [4.69, 9.17) is 5.73 Å². The number of Topliss-reactive ketones (excluding diaryl/α,β-unsaturated/α-hetero) is 1. The molecular formula is C9H11NO3. The fourth-order valence-electron chi connectivity index (χ4n) is 1.02. The smallest absolute Gasteiger partial charge is 0.180 e. The molecule has 70 valence electrons. The highest BCUT2D eigenvalue weighted by molar-refractivity contribution is 6.00. The molecule has 0 bridgehead atoms. The van der Waals surface area contributed by atoms with Gasteiger partial charge in [0.1, 0.15) is 11.5 Å². The van der Waals surface area contributed by atoms with Gasteiger partial charge >= 0.3 is 0 Å². The molecular weight excluding hydrogens is 170 g/mol. The van der Waals surface area contributed by atoms with Crippen LogP contribution in [0.4, 0.5) is 0 Å². The summed E-state index contributed by atoms with van der Waals surface area (Å²) < 4.78 is 0. The minimum Gasteiger partial charge on any atom is -0.508 e. The molecule has 13 heavy (non-hydrogen) atoms. The van der Waals surface area contributed by atoms with E-state index >= 15 is 0 Å². The Morgan fingerprint density at radius 2 is 2.08 bits per heavy atom. The monoisotopic (exact) mass is 181 g/mol. The molecule has 0 heterocycles. The number of aromatic hydroxyl groups is 2. The zero-order chi connectivity index (χ0) is 10.0. The van der Waals surface area contributed by atoms with Crippen LogP contribution >= 0.6 is 0 Å². The van der Waals surface area contributed by atoms with E-state index in [0.29, 0.717) is 5.56 Å². The zero-order valence-corrected chi connectivity index (χ0v) is 7.24. The average molecular weight is 181 g/mol. The van der Waals surface area contributed by atoms with Crippen molar-refractivity contribution >= 4 is 5.78 Å². The molecule has 1 aromatic carbocycles. The Labute approximate surface area is 75.6 Å². The molecule has 0 aliphatic heterocycles. The van der Waals surface area contributed by atoms with Crippen molar-refractivity contribution in [2.24, 2.45) is 5.73 Å². The van der Waals surface area contributed by atoms with Crippen molar-refractivity contribution in [1.29, 1.82) is 0 Å². The van der Waals surface area contributed by atoms with Crippen LogP contribution < -0.4 is 5.73 Å². The van der Waals surface area contributed by atoms with E-state index in [0.717, 1.165) is 0 Å². The molecule has 1 aromatic rings. The second-order valence-electron chi connectivity index (χ2n) is 2.73. The molecule has 0 aliphatic rings. The lowest BCUT2D eigenvalue weighted by atomic mass is 10.1. The quantitative estimate of drug-likeness (QED) is 0.582. The van der Waals surface area contributed by atoms with Gasteiger partial charge in [-0.3, -0.25) is 4.79 Å². The maximum atomic E-state index is 11.1. The minimum atomic E-state index is -0.347. The van der Waals surface area contributed by atoms with Crippen molar-refractivity contribution in [3.8, 4) is 11.5 Å². The number of phenolic OH excluding ortho intramolecular Hbond substituents is 2. The third kappa shape index (κ3) is 1.62. The molecule has 1 rings (SSSR count). The number of phenols is 2. The van der Waals surface area contributed by atoms with E-state index in [1.807, 2.05) is 0 Å². The lowest BCUT2D eigenvalue weighted by Gasteiger charge is -2.06. The molecule has 4 nitrogen and oxygen atoms in total. The number of benzene rings is 1. The van der Waals surface area contributed by atoms with Gasteiger partial charge in [0, 0.05) is 5.56 Å². The van der Waals surface area contributed by atoms with E-state index in [1.54, 1.807) is 0 Å². The number of ketones is 1. The van der Waals surface area contributed by atoms with E-state index in [-0.39, 0.29) is 29.4 Å². The van der Waals surface area contributed by atoms with Gasteiger partial charge in [0.15, 0.2) is 5.78 Å². The van der Waals surface area contributed by atoms with Gasteiger partial charge in [-0.2, -0.15) is 0 Å². The van der Waals surface area contributed by atoms with Gasteiger partial charge in [-0.1, -0.05) is 0 Å². The standard InChI is InChI=1S/C9H11NO3/c1-5-7(11)3-2-6(9(5)13)8(12)4-10/h2-3,11,13H,4,10H2,1H3. The molecule has 0 atom stereocenters. The number of hydrogen-bond acceptors (Lipinski definition) is 4. The maximum absolute atomic E-state index is 11.1. The van der Waals surface area contributed by atoms with Gasteiger partial charge in [0.2, 0.25) is 0 Å². The summed E-state index contributed by atoms with van der Waals surface area (Å²) >= 11 is 0. The second-order valence-corrected chi connectivity index (χ2v) is 2.73. The maximum Gasteiger partial charge on any atom is 0.180 e. The van der Waals surface area contributed by atoms with Crippen LogP contribution in [0.25, 0.3) is 0 Å². The number of hydrogen-bond donors (Lipinski definition) is 3. The van der Waals surface area contributed by atoms with Crippen molar-refractivity contribution < 1.29 is 15.0 Å². The zero-order valence-electron chi connectivity index (χ0n) is 7.24. The van der Waals surface area contributed by atoms with Gasteiger partial charge in [0.25, 0.3) is 0 Å². The van der Waals surface area contributed by atoms with Crippen molar-refractivity contribution in [2.75, 3.05) is 6.54 Å². The molecule has 0 unspecified atom stereocenters. The molecule has 0 radical (unpaired) electrons. The summed E-state index contributed by atoms with van der Waals surface area (Å²) in [5.41, 5.74) is 5.58. The van der Waals surface area contributed by atoms with Crippen LogP contribution in [-0.2, 0) is 0 Å². The topological polar surface area (TPSA) is 83.5 Å². The first kappa shape index (κ1) is 9.54. The van der Waals surface area contributed by atoms with Crippen molar-refractivity contribution in [1.82, 2.24) is 0 Å². The largest absolute Gasteiger partial charge is 0.508 e. The Bertz CT molecular complexity index is 347. The summed E-state index contributed by atoms with van der Waals surface area (Å²) in [5.74, 6) is -0.581. The summed E-state index contributed by atoms with van der Waals surface area (Å²) in [4.78, 5) is 11.1. The van der Waals surface area contributed by atoms with E-state index in [1.165, 1.54) is 19.1 Å². The first-order valence-electron chi connectivity index (χ1n) is 3.82. The van der Waals surface area contributed by atoms with Gasteiger partial charge < -0.3 is 15.9 Å². The van der Waals surface area contributed by atoms with Crippen molar-refractivity contribution in [3.63, 3.8) is 0 Å². The molecule has 0 spiro atoms.